The largest absolute Gasteiger partial charge is 0.364 e. The molecule has 0 spiro atoms. The molecule has 1 aliphatic rings. The molecule has 1 unspecified atom stereocenters. The van der Waals surface area contributed by atoms with Crippen molar-refractivity contribution in [1.29, 1.82) is 10.5 Å². The normalized spacial score (nSPS) is 22.2. The van der Waals surface area contributed by atoms with Crippen molar-refractivity contribution in [1.82, 2.24) is 10.6 Å². The zero-order valence-electron chi connectivity index (χ0n) is 10.3. The first kappa shape index (κ1) is 12.7. The summed E-state index contributed by atoms with van der Waals surface area (Å²) in [5.41, 5.74) is -0.268. The second-order valence-corrected chi connectivity index (χ2v) is 4.18. The summed E-state index contributed by atoms with van der Waals surface area (Å²) in [4.78, 5) is 0. The second kappa shape index (κ2) is 4.85. The molecule has 0 radical (unpaired) electrons. The Bertz CT molecular complexity index is 634. The highest BCUT2D eigenvalue weighted by atomic mass is 16.3. The van der Waals surface area contributed by atoms with Crippen LogP contribution in [0.5, 0.6) is 0 Å². The topological polar surface area (TPSA) is 91.9 Å². The minimum atomic E-state index is -1.53. The third-order valence-electron chi connectivity index (χ3n) is 2.75. The van der Waals surface area contributed by atoms with E-state index in [1.807, 2.05) is 18.2 Å². The Kier molecular flexibility index (Phi) is 3.24. The molecule has 0 bridgehead atoms. The number of aliphatic hydroxyl groups is 1. The fourth-order valence-electron chi connectivity index (χ4n) is 1.91. The number of rotatable bonds is 1. The van der Waals surface area contributed by atoms with Crippen LogP contribution >= 0.6 is 0 Å². The summed E-state index contributed by atoms with van der Waals surface area (Å²) < 4.78 is 0. The van der Waals surface area contributed by atoms with Gasteiger partial charge in [-0.05, 0) is 13.0 Å². The van der Waals surface area contributed by atoms with E-state index in [9.17, 15) is 5.11 Å². The first-order chi connectivity index (χ1) is 9.09. The molecule has 0 aromatic heterocycles. The average molecular weight is 252 g/mol. The van der Waals surface area contributed by atoms with Crippen LogP contribution in [0.1, 0.15) is 12.5 Å². The lowest BCUT2D eigenvalue weighted by atomic mass is 10.0. The molecule has 19 heavy (non-hydrogen) atoms. The fraction of sp³-hybridized carbons (Fsp3) is 0.143. The predicted octanol–water partition coefficient (Wildman–Crippen LogP) is 1.19. The Morgan fingerprint density at radius 3 is 2.32 bits per heavy atom. The number of nitrogens with zero attached hydrogens (tertiary/aromatic N) is 2. The summed E-state index contributed by atoms with van der Waals surface area (Å²) in [7, 11) is 0. The van der Waals surface area contributed by atoms with E-state index in [2.05, 4.69) is 10.6 Å². The second-order valence-electron chi connectivity index (χ2n) is 4.18. The van der Waals surface area contributed by atoms with Crippen LogP contribution in [0.25, 0.3) is 0 Å². The van der Waals surface area contributed by atoms with Gasteiger partial charge in [0, 0.05) is 11.3 Å². The van der Waals surface area contributed by atoms with Crippen molar-refractivity contribution in [3.63, 3.8) is 0 Å². The SMILES string of the molecule is CC1=CC(O)(c2ccccc2)NC(C#N)=C(C#N)N1. The van der Waals surface area contributed by atoms with E-state index in [1.165, 1.54) is 6.08 Å². The summed E-state index contributed by atoms with van der Waals surface area (Å²) in [6.07, 6.45) is 1.53. The van der Waals surface area contributed by atoms with Crippen molar-refractivity contribution in [3.8, 4) is 12.1 Å². The standard InChI is InChI=1S/C14H12N4O/c1-10-7-14(19,11-5-3-2-4-6-11)18-13(9-16)12(8-15)17-10/h2-7,17-19H,1H3. The summed E-state index contributed by atoms with van der Waals surface area (Å²) in [5, 5.41) is 34.3. The number of benzene rings is 1. The smallest absolute Gasteiger partial charge is 0.184 e. The molecule has 0 fully saturated rings. The molecule has 1 heterocycles. The average Bonchev–Trinajstić information content (AvgIpc) is 2.56. The third-order valence-corrected chi connectivity index (χ3v) is 2.75. The number of hydrogen-bond donors (Lipinski definition) is 3. The van der Waals surface area contributed by atoms with E-state index < -0.39 is 5.72 Å². The zero-order valence-corrected chi connectivity index (χ0v) is 10.3. The molecule has 1 aromatic rings. The molecular formula is C14H12N4O. The summed E-state index contributed by atoms with van der Waals surface area (Å²) in [5.74, 6) is 0. The third kappa shape index (κ3) is 2.42. The van der Waals surface area contributed by atoms with Crippen LogP contribution in [0.2, 0.25) is 0 Å². The Morgan fingerprint density at radius 2 is 1.74 bits per heavy atom. The van der Waals surface area contributed by atoms with Crippen LogP contribution in [0.3, 0.4) is 0 Å². The van der Waals surface area contributed by atoms with Crippen molar-refractivity contribution < 1.29 is 5.11 Å². The highest BCUT2D eigenvalue weighted by molar-refractivity contribution is 5.42. The molecule has 5 heteroatoms. The first-order valence-corrected chi connectivity index (χ1v) is 5.66. The minimum Gasteiger partial charge on any atom is -0.364 e. The maximum Gasteiger partial charge on any atom is 0.184 e. The van der Waals surface area contributed by atoms with Crippen LogP contribution in [0, 0.1) is 22.7 Å². The van der Waals surface area contributed by atoms with Crippen LogP contribution in [-0.2, 0) is 5.72 Å². The van der Waals surface area contributed by atoms with Gasteiger partial charge in [-0.1, -0.05) is 30.3 Å². The summed E-state index contributed by atoms with van der Waals surface area (Å²) >= 11 is 0. The summed E-state index contributed by atoms with van der Waals surface area (Å²) in [6, 6.07) is 12.7. The number of allylic oxidation sites excluding steroid dienone is 3. The van der Waals surface area contributed by atoms with Crippen LogP contribution < -0.4 is 10.6 Å². The van der Waals surface area contributed by atoms with Gasteiger partial charge in [-0.2, -0.15) is 10.5 Å². The molecule has 94 valence electrons. The number of nitriles is 2. The highest BCUT2D eigenvalue weighted by Crippen LogP contribution is 2.24. The van der Waals surface area contributed by atoms with Crippen molar-refractivity contribution >= 4 is 0 Å². The van der Waals surface area contributed by atoms with Gasteiger partial charge in [0.25, 0.3) is 0 Å². The number of nitrogens with one attached hydrogen (secondary N) is 2. The molecule has 5 nitrogen and oxygen atoms in total. The van der Waals surface area contributed by atoms with E-state index in [0.29, 0.717) is 11.3 Å². The number of hydrogen-bond acceptors (Lipinski definition) is 5. The molecule has 2 rings (SSSR count). The Labute approximate surface area is 111 Å². The minimum absolute atomic E-state index is 0.00181. The fourth-order valence-corrected chi connectivity index (χ4v) is 1.91. The van der Waals surface area contributed by atoms with Crippen molar-refractivity contribution in [2.75, 3.05) is 0 Å². The Morgan fingerprint density at radius 1 is 1.11 bits per heavy atom. The lowest BCUT2D eigenvalue weighted by Gasteiger charge is -2.26. The van der Waals surface area contributed by atoms with Crippen LogP contribution in [0.15, 0.2) is 53.5 Å². The van der Waals surface area contributed by atoms with E-state index >= 15 is 0 Å². The predicted molar refractivity (Wildman–Crippen MR) is 68.6 cm³/mol. The molecule has 1 aliphatic heterocycles. The van der Waals surface area contributed by atoms with E-state index in [1.54, 1.807) is 31.2 Å². The molecule has 0 saturated carbocycles. The molecule has 0 aliphatic carbocycles. The zero-order chi connectivity index (χ0) is 13.9. The van der Waals surface area contributed by atoms with Gasteiger partial charge in [-0.3, -0.25) is 0 Å². The quantitative estimate of drug-likeness (QED) is 0.698. The van der Waals surface area contributed by atoms with Gasteiger partial charge in [0.05, 0.1) is 0 Å². The van der Waals surface area contributed by atoms with Crippen molar-refractivity contribution in [2.45, 2.75) is 12.6 Å². The van der Waals surface area contributed by atoms with E-state index in [0.717, 1.165) is 0 Å². The maximum atomic E-state index is 10.7. The molecule has 0 saturated heterocycles. The van der Waals surface area contributed by atoms with Gasteiger partial charge in [-0.15, -0.1) is 0 Å². The Hall–Kier alpha value is -2.76. The molecule has 1 aromatic carbocycles. The van der Waals surface area contributed by atoms with Gasteiger partial charge in [0.1, 0.15) is 12.1 Å². The van der Waals surface area contributed by atoms with E-state index in [4.69, 9.17) is 10.5 Å². The monoisotopic (exact) mass is 252 g/mol. The maximum absolute atomic E-state index is 10.7. The van der Waals surface area contributed by atoms with Crippen molar-refractivity contribution in [2.24, 2.45) is 0 Å². The molecule has 3 N–H and O–H groups in total. The van der Waals surface area contributed by atoms with Gasteiger partial charge in [-0.25, -0.2) is 0 Å². The lowest BCUT2D eigenvalue weighted by Crippen LogP contribution is -2.39. The van der Waals surface area contributed by atoms with Crippen molar-refractivity contribution in [3.05, 3.63) is 59.1 Å². The summed E-state index contributed by atoms with van der Waals surface area (Å²) in [6.45, 7) is 1.72. The lowest BCUT2D eigenvalue weighted by molar-refractivity contribution is 0.0638. The van der Waals surface area contributed by atoms with Crippen LogP contribution in [0.4, 0.5) is 0 Å². The van der Waals surface area contributed by atoms with E-state index in [-0.39, 0.29) is 11.4 Å². The van der Waals surface area contributed by atoms with Gasteiger partial charge >= 0.3 is 0 Å². The van der Waals surface area contributed by atoms with Gasteiger partial charge in [0.15, 0.2) is 17.1 Å². The Balaban J connectivity index is 2.55. The molecule has 1 atom stereocenters. The van der Waals surface area contributed by atoms with Gasteiger partial charge in [0.2, 0.25) is 0 Å². The highest BCUT2D eigenvalue weighted by Gasteiger charge is 2.31. The van der Waals surface area contributed by atoms with Crippen LogP contribution in [-0.4, -0.2) is 5.11 Å². The van der Waals surface area contributed by atoms with Gasteiger partial charge < -0.3 is 15.7 Å². The first-order valence-electron chi connectivity index (χ1n) is 5.66. The molecular weight excluding hydrogens is 240 g/mol. The molecule has 0 amide bonds.